The van der Waals surface area contributed by atoms with E-state index in [1.165, 1.54) is 0 Å². The normalized spacial score (nSPS) is 33.3. The van der Waals surface area contributed by atoms with Crippen LogP contribution in [0, 0.1) is 11.8 Å². The number of nitrogens with zero attached hydrogens (tertiary/aromatic N) is 1. The Hall–Kier alpha value is -1.52. The first-order valence-electron chi connectivity index (χ1n) is 8.30. The highest BCUT2D eigenvalue weighted by molar-refractivity contribution is 5.80. The summed E-state index contributed by atoms with van der Waals surface area (Å²) in [6.45, 7) is 6.33. The molecule has 4 aliphatic rings. The number of amides is 2. The molecule has 4 unspecified atom stereocenters. The van der Waals surface area contributed by atoms with E-state index in [1.807, 2.05) is 20.8 Å². The van der Waals surface area contributed by atoms with Gasteiger partial charge in [0.2, 0.25) is 5.91 Å². The van der Waals surface area contributed by atoms with Crippen molar-refractivity contribution in [2.75, 3.05) is 6.54 Å². The van der Waals surface area contributed by atoms with Gasteiger partial charge in [-0.15, -0.1) is 0 Å². The quantitative estimate of drug-likeness (QED) is 0.797. The monoisotopic (exact) mass is 306 g/mol. The fraction of sp³-hybridized carbons (Fsp3) is 0.765. The molecule has 3 fully saturated rings. The number of fused-ring (bicyclic) bond motifs is 1. The molecular weight excluding hydrogens is 280 g/mol. The molecule has 2 aliphatic carbocycles. The van der Waals surface area contributed by atoms with Crippen LogP contribution in [0.25, 0.3) is 0 Å². The van der Waals surface area contributed by atoms with E-state index < -0.39 is 5.60 Å². The van der Waals surface area contributed by atoms with Gasteiger partial charge in [0.15, 0.2) is 0 Å². The molecule has 0 aromatic rings. The topological polar surface area (TPSA) is 58.6 Å². The van der Waals surface area contributed by atoms with Gasteiger partial charge in [-0.3, -0.25) is 4.79 Å². The van der Waals surface area contributed by atoms with Crippen molar-refractivity contribution < 1.29 is 14.3 Å². The highest BCUT2D eigenvalue weighted by Gasteiger charge is 2.55. The fourth-order valence-electron chi connectivity index (χ4n) is 3.68. The summed E-state index contributed by atoms with van der Waals surface area (Å²) in [5.41, 5.74) is -0.475. The second-order valence-corrected chi connectivity index (χ2v) is 7.71. The maximum absolute atomic E-state index is 12.3. The summed E-state index contributed by atoms with van der Waals surface area (Å²) in [6, 6.07) is 0.230. The average molecular weight is 306 g/mol. The highest BCUT2D eigenvalue weighted by atomic mass is 16.6. The van der Waals surface area contributed by atoms with Crippen molar-refractivity contribution in [3.8, 4) is 0 Å². The lowest BCUT2D eigenvalue weighted by Crippen LogP contribution is -2.56. The number of ether oxygens (including phenoxy) is 1. The largest absolute Gasteiger partial charge is 0.444 e. The first kappa shape index (κ1) is 15.4. The molecule has 0 radical (unpaired) electrons. The number of hydrogen-bond donors (Lipinski definition) is 1. The number of allylic oxidation sites excluding steroid dienone is 2. The zero-order valence-electron chi connectivity index (χ0n) is 13.7. The van der Waals surface area contributed by atoms with Crippen molar-refractivity contribution in [1.29, 1.82) is 0 Å². The summed E-state index contributed by atoms with van der Waals surface area (Å²) in [7, 11) is 0. The molecule has 122 valence electrons. The lowest BCUT2D eigenvalue weighted by Gasteiger charge is -2.38. The van der Waals surface area contributed by atoms with Crippen molar-refractivity contribution >= 4 is 12.0 Å². The number of carbonyl (C=O) groups is 2. The van der Waals surface area contributed by atoms with Crippen molar-refractivity contribution in [2.24, 2.45) is 11.8 Å². The molecule has 0 spiro atoms. The Bertz CT molecular complexity index is 495. The number of rotatable bonds is 2. The molecule has 4 atom stereocenters. The van der Waals surface area contributed by atoms with E-state index in [4.69, 9.17) is 4.74 Å². The molecule has 1 saturated carbocycles. The van der Waals surface area contributed by atoms with E-state index in [2.05, 4.69) is 17.5 Å². The van der Waals surface area contributed by atoms with Crippen molar-refractivity contribution in [3.05, 3.63) is 12.2 Å². The van der Waals surface area contributed by atoms with Gasteiger partial charge in [-0.25, -0.2) is 4.79 Å². The minimum Gasteiger partial charge on any atom is -0.444 e. The lowest BCUT2D eigenvalue weighted by molar-refractivity contribution is -0.127. The summed E-state index contributed by atoms with van der Waals surface area (Å²) < 4.78 is 5.45. The maximum atomic E-state index is 12.3. The first-order chi connectivity index (χ1) is 10.3. The zero-order chi connectivity index (χ0) is 15.9. The maximum Gasteiger partial charge on any atom is 0.410 e. The van der Waals surface area contributed by atoms with Crippen molar-refractivity contribution in [2.45, 2.75) is 64.1 Å². The van der Waals surface area contributed by atoms with E-state index in [-0.39, 0.29) is 30.0 Å². The van der Waals surface area contributed by atoms with Crippen LogP contribution >= 0.6 is 0 Å². The molecule has 5 heteroatoms. The zero-order valence-corrected chi connectivity index (χ0v) is 13.7. The van der Waals surface area contributed by atoms with Crippen molar-refractivity contribution in [3.63, 3.8) is 0 Å². The van der Waals surface area contributed by atoms with E-state index in [0.717, 1.165) is 25.7 Å². The minimum absolute atomic E-state index is 0.0972. The van der Waals surface area contributed by atoms with Gasteiger partial charge < -0.3 is 15.0 Å². The molecule has 22 heavy (non-hydrogen) atoms. The Morgan fingerprint density at radius 1 is 1.27 bits per heavy atom. The molecule has 5 nitrogen and oxygen atoms in total. The molecule has 4 rings (SSSR count). The summed E-state index contributed by atoms with van der Waals surface area (Å²) in [4.78, 5) is 26.4. The van der Waals surface area contributed by atoms with Gasteiger partial charge in [-0.1, -0.05) is 12.2 Å². The minimum atomic E-state index is -0.475. The third kappa shape index (κ3) is 2.99. The molecule has 2 heterocycles. The molecule has 1 N–H and O–H groups in total. The van der Waals surface area contributed by atoms with Crippen LogP contribution in [0.5, 0.6) is 0 Å². The molecule has 0 aromatic carbocycles. The molecule has 2 saturated heterocycles. The SMILES string of the molecule is CC(C)(C)OC(=O)N1CC2CC1C2NC(=O)C1CC=CCC1. The van der Waals surface area contributed by atoms with E-state index in [9.17, 15) is 9.59 Å². The number of nitrogens with one attached hydrogen (secondary N) is 1. The van der Waals surface area contributed by atoms with Gasteiger partial charge in [-0.2, -0.15) is 0 Å². The third-order valence-electron chi connectivity index (χ3n) is 4.87. The summed E-state index contributed by atoms with van der Waals surface area (Å²) in [5, 5.41) is 3.17. The summed E-state index contributed by atoms with van der Waals surface area (Å²) >= 11 is 0. The average Bonchev–Trinajstić information content (AvgIpc) is 3.02. The predicted molar refractivity (Wildman–Crippen MR) is 83.2 cm³/mol. The Morgan fingerprint density at radius 2 is 2.05 bits per heavy atom. The second-order valence-electron chi connectivity index (χ2n) is 7.71. The van der Waals surface area contributed by atoms with Crippen LogP contribution in [-0.4, -0.2) is 41.1 Å². The smallest absolute Gasteiger partial charge is 0.410 e. The Morgan fingerprint density at radius 3 is 2.68 bits per heavy atom. The van der Waals surface area contributed by atoms with E-state index in [1.54, 1.807) is 4.90 Å². The molecule has 2 bridgehead atoms. The number of carbonyl (C=O) groups excluding carboxylic acids is 2. The Balaban J connectivity index is 1.54. The van der Waals surface area contributed by atoms with Crippen LogP contribution in [0.15, 0.2) is 12.2 Å². The van der Waals surface area contributed by atoms with Gasteiger partial charge in [0.1, 0.15) is 5.60 Å². The van der Waals surface area contributed by atoms with Gasteiger partial charge >= 0.3 is 6.09 Å². The van der Waals surface area contributed by atoms with E-state index >= 15 is 0 Å². The molecular formula is C17H26N2O3. The first-order valence-corrected chi connectivity index (χ1v) is 8.30. The molecule has 2 amide bonds. The standard InChI is InChI=1S/C17H26N2O3/c1-17(2,3)22-16(21)19-10-12-9-13(19)14(12)18-15(20)11-7-5-4-6-8-11/h4-5,11-14H,6-10H2,1-3H3,(H,18,20). The van der Waals surface area contributed by atoms with Gasteiger partial charge in [0, 0.05) is 18.4 Å². The van der Waals surface area contributed by atoms with Crippen LogP contribution in [0.4, 0.5) is 4.79 Å². The lowest BCUT2D eigenvalue weighted by atomic mass is 9.79. The predicted octanol–water partition coefficient (Wildman–Crippen LogP) is 2.47. The summed E-state index contributed by atoms with van der Waals surface area (Å²) in [6.07, 6.45) is 7.72. The van der Waals surface area contributed by atoms with Gasteiger partial charge in [0.25, 0.3) is 0 Å². The Labute approximate surface area is 132 Å². The van der Waals surface area contributed by atoms with E-state index in [0.29, 0.717) is 12.5 Å². The van der Waals surface area contributed by atoms with Crippen molar-refractivity contribution in [1.82, 2.24) is 10.2 Å². The second kappa shape index (κ2) is 5.60. The van der Waals surface area contributed by atoms with Crippen LogP contribution in [0.1, 0.15) is 46.5 Å². The van der Waals surface area contributed by atoms with Crippen LogP contribution in [-0.2, 0) is 9.53 Å². The fourth-order valence-corrected chi connectivity index (χ4v) is 3.68. The highest BCUT2D eigenvalue weighted by Crippen LogP contribution is 2.42. The van der Waals surface area contributed by atoms with Gasteiger partial charge in [-0.05, 0) is 46.5 Å². The van der Waals surface area contributed by atoms with Crippen LogP contribution in [0.2, 0.25) is 0 Å². The Kier molecular flexibility index (Phi) is 3.91. The van der Waals surface area contributed by atoms with Crippen LogP contribution < -0.4 is 5.32 Å². The number of hydrogen-bond acceptors (Lipinski definition) is 3. The van der Waals surface area contributed by atoms with Gasteiger partial charge in [0.05, 0.1) is 12.1 Å². The molecule has 0 aromatic heterocycles. The summed E-state index contributed by atoms with van der Waals surface area (Å²) in [5.74, 6) is 0.635. The third-order valence-corrected chi connectivity index (χ3v) is 4.87. The van der Waals surface area contributed by atoms with Crippen LogP contribution in [0.3, 0.4) is 0 Å². The molecule has 2 aliphatic heterocycles.